The Labute approximate surface area is 88.1 Å². The van der Waals surface area contributed by atoms with Crippen LogP contribution in [0.5, 0.6) is 0 Å². The van der Waals surface area contributed by atoms with E-state index in [-0.39, 0.29) is 0 Å². The van der Waals surface area contributed by atoms with E-state index in [9.17, 15) is 0 Å². The maximum absolute atomic E-state index is 6.12. The fraction of sp³-hybridized carbons (Fsp3) is 0.273. The summed E-state index contributed by atoms with van der Waals surface area (Å²) in [6, 6.07) is 6.20. The fourth-order valence-electron chi connectivity index (χ4n) is 1.64. The van der Waals surface area contributed by atoms with Crippen LogP contribution >= 0.6 is 11.6 Å². The monoisotopic (exact) mass is 208 g/mol. The largest absolute Gasteiger partial charge is 0.360 e. The number of hydrogen-bond acceptors (Lipinski definition) is 1. The Kier molecular flexibility index (Phi) is 2.75. The van der Waals surface area contributed by atoms with Crippen molar-refractivity contribution in [1.82, 2.24) is 4.98 Å². The second-order valence-electron chi connectivity index (χ2n) is 3.41. The predicted molar refractivity (Wildman–Crippen MR) is 60.7 cm³/mol. The summed E-state index contributed by atoms with van der Waals surface area (Å²) >= 11 is 6.12. The van der Waals surface area contributed by atoms with Crippen LogP contribution in [0.1, 0.15) is 12.0 Å². The quantitative estimate of drug-likeness (QED) is 0.800. The van der Waals surface area contributed by atoms with Crippen LogP contribution in [0.4, 0.5) is 0 Å². The maximum atomic E-state index is 6.12. The number of nitrogens with two attached hydrogens (primary N) is 1. The molecule has 2 aromatic rings. The Morgan fingerprint density at radius 1 is 1.36 bits per heavy atom. The van der Waals surface area contributed by atoms with E-state index >= 15 is 0 Å². The van der Waals surface area contributed by atoms with E-state index in [1.54, 1.807) is 0 Å². The molecule has 2 nitrogen and oxygen atoms in total. The minimum absolute atomic E-state index is 0.725. The molecule has 1 heterocycles. The molecule has 1 aromatic heterocycles. The topological polar surface area (TPSA) is 41.8 Å². The van der Waals surface area contributed by atoms with E-state index in [4.69, 9.17) is 17.3 Å². The molecule has 0 aliphatic heterocycles. The number of benzene rings is 1. The Bertz CT molecular complexity index is 434. The molecular weight excluding hydrogens is 196 g/mol. The van der Waals surface area contributed by atoms with Crippen LogP contribution in [0, 0.1) is 0 Å². The molecule has 0 bridgehead atoms. The van der Waals surface area contributed by atoms with Crippen molar-refractivity contribution in [3.63, 3.8) is 0 Å². The van der Waals surface area contributed by atoms with Crippen LogP contribution in [0.2, 0.25) is 5.02 Å². The lowest BCUT2D eigenvalue weighted by atomic mass is 10.1. The van der Waals surface area contributed by atoms with Gasteiger partial charge in [0.15, 0.2) is 0 Å². The summed E-state index contributed by atoms with van der Waals surface area (Å²) in [5.41, 5.74) is 7.74. The smallest absolute Gasteiger partial charge is 0.0649 e. The Morgan fingerprint density at radius 2 is 2.21 bits per heavy atom. The first-order chi connectivity index (χ1) is 6.81. The molecule has 14 heavy (non-hydrogen) atoms. The van der Waals surface area contributed by atoms with E-state index in [0.29, 0.717) is 0 Å². The second kappa shape index (κ2) is 4.03. The zero-order valence-electron chi connectivity index (χ0n) is 7.89. The summed E-state index contributed by atoms with van der Waals surface area (Å²) in [6.07, 6.45) is 3.91. The van der Waals surface area contributed by atoms with Gasteiger partial charge < -0.3 is 10.7 Å². The molecule has 74 valence electrons. The lowest BCUT2D eigenvalue weighted by molar-refractivity contribution is 0.833. The van der Waals surface area contributed by atoms with Crippen LogP contribution in [0.15, 0.2) is 24.4 Å². The summed E-state index contributed by atoms with van der Waals surface area (Å²) in [5.74, 6) is 0. The van der Waals surface area contributed by atoms with Gasteiger partial charge in [-0.1, -0.05) is 11.6 Å². The molecule has 0 spiro atoms. The number of rotatable bonds is 3. The molecule has 1 aromatic carbocycles. The Balaban J connectivity index is 2.38. The molecule has 3 heteroatoms. The van der Waals surface area contributed by atoms with Crippen molar-refractivity contribution in [1.29, 1.82) is 0 Å². The zero-order chi connectivity index (χ0) is 9.97. The van der Waals surface area contributed by atoms with E-state index in [2.05, 4.69) is 11.1 Å². The van der Waals surface area contributed by atoms with Gasteiger partial charge in [-0.25, -0.2) is 0 Å². The maximum Gasteiger partial charge on any atom is 0.0649 e. The summed E-state index contributed by atoms with van der Waals surface area (Å²) < 4.78 is 0. The van der Waals surface area contributed by atoms with E-state index in [1.165, 1.54) is 10.9 Å². The highest BCUT2D eigenvalue weighted by atomic mass is 35.5. The van der Waals surface area contributed by atoms with Crippen LogP contribution in [-0.4, -0.2) is 11.5 Å². The standard InChI is InChI=1S/C11H13ClN2/c12-10-7-8(2-1-4-13)6-9-3-5-14-11(9)10/h3,5-7,14H,1-2,4,13H2. The van der Waals surface area contributed by atoms with Gasteiger partial charge in [-0.3, -0.25) is 0 Å². The van der Waals surface area contributed by atoms with Crippen molar-refractivity contribution in [2.24, 2.45) is 5.73 Å². The Morgan fingerprint density at radius 3 is 3.00 bits per heavy atom. The number of aromatic nitrogens is 1. The fourth-order valence-corrected chi connectivity index (χ4v) is 1.94. The number of nitrogens with one attached hydrogen (secondary N) is 1. The van der Waals surface area contributed by atoms with Crippen molar-refractivity contribution in [2.45, 2.75) is 12.8 Å². The number of halogens is 1. The third-order valence-corrected chi connectivity index (χ3v) is 2.64. The molecule has 0 amide bonds. The molecule has 0 aliphatic carbocycles. The van der Waals surface area contributed by atoms with Gasteiger partial charge in [0.2, 0.25) is 0 Å². The SMILES string of the molecule is NCCCc1cc(Cl)c2[nH]ccc2c1. The molecule has 0 unspecified atom stereocenters. The highest BCUT2D eigenvalue weighted by Gasteiger charge is 2.02. The van der Waals surface area contributed by atoms with Crippen LogP contribution in [-0.2, 0) is 6.42 Å². The molecule has 0 radical (unpaired) electrons. The highest BCUT2D eigenvalue weighted by Crippen LogP contribution is 2.24. The average molecular weight is 209 g/mol. The third-order valence-electron chi connectivity index (χ3n) is 2.34. The first-order valence-electron chi connectivity index (χ1n) is 4.77. The number of aromatic amines is 1. The number of H-pyrrole nitrogens is 1. The van der Waals surface area contributed by atoms with Gasteiger partial charge in [0.25, 0.3) is 0 Å². The minimum atomic E-state index is 0.725. The number of fused-ring (bicyclic) bond motifs is 1. The molecule has 0 fully saturated rings. The number of aryl methyl sites for hydroxylation is 1. The molecule has 2 rings (SSSR count). The number of hydrogen-bond donors (Lipinski definition) is 2. The van der Waals surface area contributed by atoms with E-state index in [0.717, 1.165) is 29.9 Å². The van der Waals surface area contributed by atoms with Gasteiger partial charge in [-0.05, 0) is 43.1 Å². The van der Waals surface area contributed by atoms with Gasteiger partial charge in [-0.15, -0.1) is 0 Å². The van der Waals surface area contributed by atoms with Crippen molar-refractivity contribution in [3.8, 4) is 0 Å². The molecule has 0 atom stereocenters. The normalized spacial score (nSPS) is 11.0. The van der Waals surface area contributed by atoms with Crippen molar-refractivity contribution >= 4 is 22.5 Å². The highest BCUT2D eigenvalue weighted by molar-refractivity contribution is 6.35. The van der Waals surface area contributed by atoms with E-state index < -0.39 is 0 Å². The zero-order valence-corrected chi connectivity index (χ0v) is 8.64. The summed E-state index contributed by atoms with van der Waals surface area (Å²) in [5, 5.41) is 1.96. The summed E-state index contributed by atoms with van der Waals surface area (Å²) in [6.45, 7) is 0.725. The van der Waals surface area contributed by atoms with E-state index in [1.807, 2.05) is 18.3 Å². The minimum Gasteiger partial charge on any atom is -0.360 e. The van der Waals surface area contributed by atoms with Gasteiger partial charge in [-0.2, -0.15) is 0 Å². The van der Waals surface area contributed by atoms with Gasteiger partial charge in [0.1, 0.15) is 0 Å². The Hall–Kier alpha value is -0.990. The lowest BCUT2D eigenvalue weighted by Gasteiger charge is -2.02. The molecule has 3 N–H and O–H groups in total. The third kappa shape index (κ3) is 1.76. The van der Waals surface area contributed by atoms with Gasteiger partial charge in [0.05, 0.1) is 10.5 Å². The second-order valence-corrected chi connectivity index (χ2v) is 3.82. The first-order valence-corrected chi connectivity index (χ1v) is 5.14. The van der Waals surface area contributed by atoms with Crippen molar-refractivity contribution in [3.05, 3.63) is 35.0 Å². The van der Waals surface area contributed by atoms with Gasteiger partial charge >= 0.3 is 0 Å². The van der Waals surface area contributed by atoms with Gasteiger partial charge in [0, 0.05) is 11.6 Å². The van der Waals surface area contributed by atoms with Crippen LogP contribution < -0.4 is 5.73 Å². The lowest BCUT2D eigenvalue weighted by Crippen LogP contribution is -2.00. The van der Waals surface area contributed by atoms with Crippen molar-refractivity contribution < 1.29 is 0 Å². The van der Waals surface area contributed by atoms with Crippen LogP contribution in [0.25, 0.3) is 10.9 Å². The summed E-state index contributed by atoms with van der Waals surface area (Å²) in [7, 11) is 0. The molecule has 0 aliphatic rings. The molecule has 0 saturated carbocycles. The predicted octanol–water partition coefficient (Wildman–Crippen LogP) is 2.71. The van der Waals surface area contributed by atoms with Crippen molar-refractivity contribution in [2.75, 3.05) is 6.54 Å². The first kappa shape index (κ1) is 9.56. The van der Waals surface area contributed by atoms with Crippen LogP contribution in [0.3, 0.4) is 0 Å². The average Bonchev–Trinajstić information content (AvgIpc) is 2.63. The molecule has 0 saturated heterocycles. The molecular formula is C11H13ClN2. The summed E-state index contributed by atoms with van der Waals surface area (Å²) in [4.78, 5) is 3.11.